The predicted octanol–water partition coefficient (Wildman–Crippen LogP) is 3.74. The minimum absolute atomic E-state index is 0.114. The monoisotopic (exact) mass is 327 g/mol. The number of hydrogen-bond acceptors (Lipinski definition) is 3. The van der Waals surface area contributed by atoms with Gasteiger partial charge in [0.15, 0.2) is 0 Å². The second-order valence-electron chi connectivity index (χ2n) is 5.16. The van der Waals surface area contributed by atoms with E-state index in [0.29, 0.717) is 12.0 Å². The van der Waals surface area contributed by atoms with Gasteiger partial charge in [0.05, 0.1) is 0 Å². The molecule has 0 aromatic heterocycles. The van der Waals surface area contributed by atoms with E-state index in [2.05, 4.69) is 33.8 Å². The van der Waals surface area contributed by atoms with Crippen molar-refractivity contribution in [2.75, 3.05) is 11.5 Å². The first-order chi connectivity index (χ1) is 8.74. The molecule has 98 valence electrons. The topological polar surface area (TPSA) is 35.2 Å². The van der Waals surface area contributed by atoms with E-state index >= 15 is 0 Å². The Morgan fingerprint density at radius 3 is 3.06 bits per heavy atom. The van der Waals surface area contributed by atoms with Gasteiger partial charge < -0.3 is 10.5 Å². The van der Waals surface area contributed by atoms with E-state index in [-0.39, 0.29) is 6.04 Å². The molecule has 3 rings (SSSR count). The highest BCUT2D eigenvalue weighted by Crippen LogP contribution is 2.39. The average molecular weight is 328 g/mol. The van der Waals surface area contributed by atoms with Crippen LogP contribution in [0.4, 0.5) is 0 Å². The molecule has 0 radical (unpaired) electrons. The molecule has 0 amide bonds. The second-order valence-corrected chi connectivity index (χ2v) is 7.22. The highest BCUT2D eigenvalue weighted by atomic mass is 79.9. The summed E-state index contributed by atoms with van der Waals surface area (Å²) < 4.78 is 7.26. The van der Waals surface area contributed by atoms with Crippen LogP contribution < -0.4 is 10.5 Å². The lowest BCUT2D eigenvalue weighted by atomic mass is 9.88. The van der Waals surface area contributed by atoms with E-state index in [1.807, 2.05) is 12.1 Å². The fraction of sp³-hybridized carbons (Fsp3) is 0.571. The molecule has 2 heterocycles. The molecule has 2 aliphatic heterocycles. The van der Waals surface area contributed by atoms with Crippen LogP contribution in [-0.2, 0) is 0 Å². The van der Waals surface area contributed by atoms with E-state index < -0.39 is 0 Å². The standard InChI is InChI=1S/C14H18BrNOS/c15-10-3-4-13-11(6-10)12(16)7-14(17-13)9-2-1-5-18-8-9/h3-4,6,9,12,14H,1-2,5,7-8,16H2/t9?,12-,14?/m1/s1. The van der Waals surface area contributed by atoms with Gasteiger partial charge in [0.1, 0.15) is 11.9 Å². The fourth-order valence-corrected chi connectivity index (χ4v) is 4.45. The first-order valence-corrected chi connectivity index (χ1v) is 8.48. The van der Waals surface area contributed by atoms with Crippen molar-refractivity contribution >= 4 is 27.7 Å². The summed E-state index contributed by atoms with van der Waals surface area (Å²) in [7, 11) is 0. The van der Waals surface area contributed by atoms with E-state index in [0.717, 1.165) is 22.2 Å². The zero-order chi connectivity index (χ0) is 12.5. The Labute approximate surface area is 121 Å². The molecule has 4 heteroatoms. The molecule has 18 heavy (non-hydrogen) atoms. The van der Waals surface area contributed by atoms with Gasteiger partial charge >= 0.3 is 0 Å². The Balaban J connectivity index is 1.80. The molecule has 0 aliphatic carbocycles. The summed E-state index contributed by atoms with van der Waals surface area (Å²) in [5.41, 5.74) is 7.45. The summed E-state index contributed by atoms with van der Waals surface area (Å²) in [4.78, 5) is 0. The van der Waals surface area contributed by atoms with Gasteiger partial charge in [-0.1, -0.05) is 15.9 Å². The number of fused-ring (bicyclic) bond motifs is 1. The number of hydrogen-bond donors (Lipinski definition) is 1. The average Bonchev–Trinajstić information content (AvgIpc) is 2.40. The second kappa shape index (κ2) is 5.43. The van der Waals surface area contributed by atoms with Gasteiger partial charge in [-0.15, -0.1) is 0 Å². The fourth-order valence-electron chi connectivity index (χ4n) is 2.85. The molecule has 0 spiro atoms. The molecule has 1 fully saturated rings. The van der Waals surface area contributed by atoms with Crippen LogP contribution in [0.5, 0.6) is 5.75 Å². The molecule has 2 N–H and O–H groups in total. The van der Waals surface area contributed by atoms with Crippen molar-refractivity contribution in [1.29, 1.82) is 0 Å². The normalized spacial score (nSPS) is 31.6. The minimum Gasteiger partial charge on any atom is -0.490 e. The summed E-state index contributed by atoms with van der Waals surface area (Å²) in [5, 5.41) is 0. The lowest BCUT2D eigenvalue weighted by Crippen LogP contribution is -2.37. The Morgan fingerprint density at radius 2 is 2.28 bits per heavy atom. The third kappa shape index (κ3) is 2.56. The van der Waals surface area contributed by atoms with Crippen molar-refractivity contribution in [2.45, 2.75) is 31.4 Å². The number of halogens is 1. The summed E-state index contributed by atoms with van der Waals surface area (Å²) in [5.74, 6) is 4.19. The van der Waals surface area contributed by atoms with E-state index in [1.165, 1.54) is 24.3 Å². The van der Waals surface area contributed by atoms with Gasteiger partial charge in [0.2, 0.25) is 0 Å². The van der Waals surface area contributed by atoms with Crippen LogP contribution in [0.2, 0.25) is 0 Å². The van der Waals surface area contributed by atoms with Gasteiger partial charge in [0, 0.05) is 28.4 Å². The van der Waals surface area contributed by atoms with E-state index in [9.17, 15) is 0 Å². The molecule has 1 saturated heterocycles. The smallest absolute Gasteiger partial charge is 0.124 e. The van der Waals surface area contributed by atoms with Crippen LogP contribution in [0.15, 0.2) is 22.7 Å². The zero-order valence-electron chi connectivity index (χ0n) is 10.3. The van der Waals surface area contributed by atoms with Crippen LogP contribution in [0.25, 0.3) is 0 Å². The van der Waals surface area contributed by atoms with Gasteiger partial charge in [-0.2, -0.15) is 11.8 Å². The maximum absolute atomic E-state index is 6.30. The van der Waals surface area contributed by atoms with Crippen LogP contribution in [-0.4, -0.2) is 17.6 Å². The van der Waals surface area contributed by atoms with Crippen LogP contribution >= 0.6 is 27.7 Å². The Bertz CT molecular complexity index is 434. The van der Waals surface area contributed by atoms with E-state index in [4.69, 9.17) is 10.5 Å². The molecule has 0 bridgehead atoms. The van der Waals surface area contributed by atoms with Gasteiger partial charge in [-0.25, -0.2) is 0 Å². The quantitative estimate of drug-likeness (QED) is 0.853. The Kier molecular flexibility index (Phi) is 3.87. The molecule has 2 unspecified atom stereocenters. The van der Waals surface area contributed by atoms with Crippen LogP contribution in [0, 0.1) is 5.92 Å². The van der Waals surface area contributed by atoms with Crippen molar-refractivity contribution in [3.63, 3.8) is 0 Å². The summed E-state index contributed by atoms with van der Waals surface area (Å²) in [6, 6.07) is 6.28. The van der Waals surface area contributed by atoms with Crippen LogP contribution in [0.1, 0.15) is 30.9 Å². The lowest BCUT2D eigenvalue weighted by Gasteiger charge is -2.36. The van der Waals surface area contributed by atoms with E-state index in [1.54, 1.807) is 0 Å². The van der Waals surface area contributed by atoms with Crippen molar-refractivity contribution in [3.05, 3.63) is 28.2 Å². The maximum Gasteiger partial charge on any atom is 0.124 e. The molecular weight excluding hydrogens is 310 g/mol. The predicted molar refractivity (Wildman–Crippen MR) is 80.2 cm³/mol. The number of benzene rings is 1. The summed E-state index contributed by atoms with van der Waals surface area (Å²) in [6.07, 6.45) is 3.87. The maximum atomic E-state index is 6.30. The summed E-state index contributed by atoms with van der Waals surface area (Å²) >= 11 is 5.55. The van der Waals surface area contributed by atoms with Gasteiger partial charge in [0.25, 0.3) is 0 Å². The highest BCUT2D eigenvalue weighted by Gasteiger charge is 2.32. The third-order valence-electron chi connectivity index (χ3n) is 3.86. The number of ether oxygens (including phenoxy) is 1. The van der Waals surface area contributed by atoms with Crippen molar-refractivity contribution in [3.8, 4) is 5.75 Å². The largest absolute Gasteiger partial charge is 0.490 e. The van der Waals surface area contributed by atoms with Gasteiger partial charge in [-0.3, -0.25) is 0 Å². The first kappa shape index (κ1) is 12.8. The van der Waals surface area contributed by atoms with Crippen molar-refractivity contribution < 1.29 is 4.74 Å². The highest BCUT2D eigenvalue weighted by molar-refractivity contribution is 9.10. The van der Waals surface area contributed by atoms with Crippen molar-refractivity contribution in [2.24, 2.45) is 11.7 Å². The number of rotatable bonds is 1. The number of nitrogens with two attached hydrogens (primary N) is 1. The van der Waals surface area contributed by atoms with Crippen LogP contribution in [0.3, 0.4) is 0 Å². The molecule has 0 saturated carbocycles. The molecule has 2 nitrogen and oxygen atoms in total. The molecule has 1 aromatic rings. The summed E-state index contributed by atoms with van der Waals surface area (Å²) in [6.45, 7) is 0. The molecule has 2 aliphatic rings. The van der Waals surface area contributed by atoms with Gasteiger partial charge in [-0.05, 0) is 42.5 Å². The SMILES string of the molecule is N[C@@H]1CC(C2CCCSC2)Oc2ccc(Br)cc21. The zero-order valence-corrected chi connectivity index (χ0v) is 12.7. The number of thioether (sulfide) groups is 1. The Hall–Kier alpha value is -0.190. The lowest BCUT2D eigenvalue weighted by molar-refractivity contribution is 0.103. The Morgan fingerprint density at radius 1 is 1.39 bits per heavy atom. The molecular formula is C14H18BrNOS. The third-order valence-corrected chi connectivity index (χ3v) is 5.59. The molecule has 3 atom stereocenters. The molecule has 1 aromatic carbocycles. The first-order valence-electron chi connectivity index (χ1n) is 6.53. The minimum atomic E-state index is 0.114. The van der Waals surface area contributed by atoms with Crippen molar-refractivity contribution in [1.82, 2.24) is 0 Å².